The van der Waals surface area contributed by atoms with Crippen LogP contribution in [0.25, 0.3) is 0 Å². The molecule has 1 aliphatic rings. The quantitative estimate of drug-likeness (QED) is 0.843. The van der Waals surface area contributed by atoms with Crippen molar-refractivity contribution in [1.82, 2.24) is 14.2 Å². The van der Waals surface area contributed by atoms with E-state index in [1.165, 1.54) is 16.4 Å². The second-order valence-corrected chi connectivity index (χ2v) is 8.40. The van der Waals surface area contributed by atoms with Gasteiger partial charge in [0.2, 0.25) is 10.0 Å². The molecule has 1 N–H and O–H groups in total. The van der Waals surface area contributed by atoms with Crippen LogP contribution in [-0.2, 0) is 16.6 Å². The fourth-order valence-electron chi connectivity index (χ4n) is 2.78. The third-order valence-electron chi connectivity index (χ3n) is 4.44. The molecule has 0 spiro atoms. The summed E-state index contributed by atoms with van der Waals surface area (Å²) in [4.78, 5) is 18.3. The molecule has 0 radical (unpaired) electrons. The van der Waals surface area contributed by atoms with Crippen LogP contribution < -0.4 is 0 Å². The summed E-state index contributed by atoms with van der Waals surface area (Å²) in [6, 6.07) is 7.86. The second kappa shape index (κ2) is 7.14. The summed E-state index contributed by atoms with van der Waals surface area (Å²) in [6.45, 7) is 2.50. The van der Waals surface area contributed by atoms with Crippen LogP contribution in [-0.4, -0.2) is 59.9 Å². The molecule has 138 valence electrons. The van der Waals surface area contributed by atoms with Gasteiger partial charge in [-0.2, -0.15) is 4.31 Å². The van der Waals surface area contributed by atoms with E-state index >= 15 is 0 Å². The summed E-state index contributed by atoms with van der Waals surface area (Å²) in [5.41, 5.74) is 2.27. The van der Waals surface area contributed by atoms with E-state index < -0.39 is 16.1 Å². The summed E-state index contributed by atoms with van der Waals surface area (Å²) < 4.78 is 26.2. The highest BCUT2D eigenvalue weighted by atomic mass is 32.2. The van der Waals surface area contributed by atoms with Crippen molar-refractivity contribution in [2.75, 3.05) is 20.1 Å². The van der Waals surface area contributed by atoms with Crippen LogP contribution in [0.4, 0.5) is 0 Å². The number of aromatic nitrogens is 1. The summed E-state index contributed by atoms with van der Waals surface area (Å²) in [5.74, 6) is -0.262. The van der Waals surface area contributed by atoms with E-state index in [2.05, 4.69) is 4.98 Å². The number of hydrogen-bond donors (Lipinski definition) is 1. The van der Waals surface area contributed by atoms with Crippen molar-refractivity contribution in [2.24, 2.45) is 0 Å². The Morgan fingerprint density at radius 1 is 1.35 bits per heavy atom. The number of aliphatic hydroxyl groups excluding tert-OH is 1. The standard InChI is InChI=1S/C18H21N3O4S/c1-13-9-19-7-6-15(13)10-20(2)18(23)14-4-3-5-17(8-14)26(24,25)21-11-16(22)12-21/h3-9,16,22H,10-12H2,1-2H3. The molecule has 2 aromatic rings. The number of aliphatic hydroxyl groups is 1. The largest absolute Gasteiger partial charge is 0.390 e. The van der Waals surface area contributed by atoms with Gasteiger partial charge >= 0.3 is 0 Å². The molecule has 0 atom stereocenters. The van der Waals surface area contributed by atoms with E-state index in [1.54, 1.807) is 36.5 Å². The van der Waals surface area contributed by atoms with E-state index in [0.29, 0.717) is 12.1 Å². The Labute approximate surface area is 152 Å². The SMILES string of the molecule is Cc1cnccc1CN(C)C(=O)c1cccc(S(=O)(=O)N2CC(O)C2)c1. The van der Waals surface area contributed by atoms with E-state index in [9.17, 15) is 18.3 Å². The Morgan fingerprint density at radius 2 is 2.08 bits per heavy atom. The normalized spacial score (nSPS) is 15.5. The van der Waals surface area contributed by atoms with Crippen molar-refractivity contribution in [2.45, 2.75) is 24.5 Å². The number of nitrogens with zero attached hydrogens (tertiary/aromatic N) is 3. The lowest BCUT2D eigenvalue weighted by Gasteiger charge is -2.34. The summed E-state index contributed by atoms with van der Waals surface area (Å²) in [5, 5.41) is 9.34. The third-order valence-corrected chi connectivity index (χ3v) is 6.27. The Bertz CT molecular complexity index is 924. The number of hydrogen-bond acceptors (Lipinski definition) is 5. The van der Waals surface area contributed by atoms with Crippen molar-refractivity contribution in [3.8, 4) is 0 Å². The van der Waals surface area contributed by atoms with Gasteiger partial charge < -0.3 is 10.0 Å². The first-order chi connectivity index (χ1) is 12.3. The molecule has 7 nitrogen and oxygen atoms in total. The van der Waals surface area contributed by atoms with Gasteiger partial charge in [0.1, 0.15) is 0 Å². The Morgan fingerprint density at radius 3 is 2.73 bits per heavy atom. The predicted molar refractivity (Wildman–Crippen MR) is 96.0 cm³/mol. The highest BCUT2D eigenvalue weighted by Gasteiger charge is 2.35. The smallest absolute Gasteiger partial charge is 0.253 e. The van der Waals surface area contributed by atoms with E-state index in [-0.39, 0.29) is 23.9 Å². The molecule has 8 heteroatoms. The second-order valence-electron chi connectivity index (χ2n) is 6.47. The van der Waals surface area contributed by atoms with Gasteiger partial charge in [-0.3, -0.25) is 9.78 Å². The lowest BCUT2D eigenvalue weighted by Crippen LogP contribution is -2.53. The number of carbonyl (C=O) groups is 1. The van der Waals surface area contributed by atoms with Crippen LogP contribution >= 0.6 is 0 Å². The molecule has 1 aliphatic heterocycles. The molecule has 26 heavy (non-hydrogen) atoms. The highest BCUT2D eigenvalue weighted by molar-refractivity contribution is 7.89. The first-order valence-electron chi connectivity index (χ1n) is 8.22. The Hall–Kier alpha value is -2.29. The zero-order valence-electron chi connectivity index (χ0n) is 14.7. The fourth-order valence-corrected chi connectivity index (χ4v) is 4.34. The minimum atomic E-state index is -3.69. The molecule has 0 aliphatic carbocycles. The van der Waals surface area contributed by atoms with Crippen LogP contribution in [0, 0.1) is 6.92 Å². The van der Waals surface area contributed by atoms with E-state index in [0.717, 1.165) is 11.1 Å². The summed E-state index contributed by atoms with van der Waals surface area (Å²) in [7, 11) is -2.01. The lowest BCUT2D eigenvalue weighted by molar-refractivity contribution is 0.0547. The van der Waals surface area contributed by atoms with Crippen LogP contribution in [0.2, 0.25) is 0 Å². The van der Waals surface area contributed by atoms with Crippen LogP contribution in [0.15, 0.2) is 47.6 Å². The molecule has 3 rings (SSSR count). The summed E-state index contributed by atoms with van der Waals surface area (Å²) in [6.07, 6.45) is 2.79. The van der Waals surface area contributed by atoms with Crippen molar-refractivity contribution < 1.29 is 18.3 Å². The van der Waals surface area contributed by atoms with Crippen LogP contribution in [0.1, 0.15) is 21.5 Å². The van der Waals surface area contributed by atoms with Crippen LogP contribution in [0.3, 0.4) is 0 Å². The molecular formula is C18H21N3O4S. The minimum Gasteiger partial charge on any atom is -0.390 e. The zero-order chi connectivity index (χ0) is 18.9. The zero-order valence-corrected chi connectivity index (χ0v) is 15.5. The Kier molecular flexibility index (Phi) is 5.08. The number of β-amino-alcohol motifs (C(OH)–C–C–N with tert-alkyl or cyclic N) is 1. The van der Waals surface area contributed by atoms with Gasteiger partial charge in [0.05, 0.1) is 11.0 Å². The number of sulfonamides is 1. The van der Waals surface area contributed by atoms with Gasteiger partial charge in [0, 0.05) is 44.6 Å². The van der Waals surface area contributed by atoms with Gasteiger partial charge in [0.15, 0.2) is 0 Å². The number of rotatable bonds is 5. The van der Waals surface area contributed by atoms with E-state index in [4.69, 9.17) is 0 Å². The molecule has 1 aromatic heterocycles. The molecule has 1 aromatic carbocycles. The maximum atomic E-state index is 12.7. The monoisotopic (exact) mass is 375 g/mol. The minimum absolute atomic E-state index is 0.0590. The van der Waals surface area contributed by atoms with Crippen molar-refractivity contribution >= 4 is 15.9 Å². The predicted octanol–water partition coefficient (Wildman–Crippen LogP) is 1.03. The first kappa shape index (κ1) is 18.5. The average Bonchev–Trinajstić information content (AvgIpc) is 2.60. The van der Waals surface area contributed by atoms with Gasteiger partial charge in [-0.15, -0.1) is 0 Å². The molecule has 1 saturated heterocycles. The number of amides is 1. The molecule has 0 bridgehead atoms. The van der Waals surface area contributed by atoms with Gasteiger partial charge in [-0.1, -0.05) is 6.07 Å². The fraction of sp³-hybridized carbons (Fsp3) is 0.333. The maximum Gasteiger partial charge on any atom is 0.253 e. The maximum absolute atomic E-state index is 12.7. The molecule has 0 saturated carbocycles. The van der Waals surface area contributed by atoms with Gasteiger partial charge in [0.25, 0.3) is 5.91 Å². The molecule has 1 amide bonds. The molecule has 0 unspecified atom stereocenters. The Balaban J connectivity index is 1.79. The van der Waals surface area contributed by atoms with Crippen molar-refractivity contribution in [3.63, 3.8) is 0 Å². The number of aryl methyl sites for hydroxylation is 1. The molecular weight excluding hydrogens is 354 g/mol. The number of benzene rings is 1. The van der Waals surface area contributed by atoms with E-state index in [1.807, 2.05) is 13.0 Å². The third kappa shape index (κ3) is 3.62. The van der Waals surface area contributed by atoms with Gasteiger partial charge in [-0.05, 0) is 42.3 Å². The highest BCUT2D eigenvalue weighted by Crippen LogP contribution is 2.23. The topological polar surface area (TPSA) is 90.8 Å². The van der Waals surface area contributed by atoms with Gasteiger partial charge in [-0.25, -0.2) is 8.42 Å². The molecule has 1 fully saturated rings. The van der Waals surface area contributed by atoms with Crippen molar-refractivity contribution in [1.29, 1.82) is 0 Å². The lowest BCUT2D eigenvalue weighted by atomic mass is 10.1. The average molecular weight is 375 g/mol. The first-order valence-corrected chi connectivity index (χ1v) is 9.66. The number of carbonyl (C=O) groups excluding carboxylic acids is 1. The summed E-state index contributed by atoms with van der Waals surface area (Å²) >= 11 is 0. The van der Waals surface area contributed by atoms with Crippen LogP contribution in [0.5, 0.6) is 0 Å². The number of pyridine rings is 1. The van der Waals surface area contributed by atoms with Crippen molar-refractivity contribution in [3.05, 3.63) is 59.4 Å². The molecule has 2 heterocycles.